The molecule has 0 saturated heterocycles. The SMILES string of the molecule is Cc1ccc(C(=O)N(C)C(C)c2ccc(Cl)cc2Cl)cc1NC(=O)c1ccco1. The molecule has 0 radical (unpaired) electrons. The molecular weight excluding hydrogens is 411 g/mol. The Morgan fingerprint density at radius 2 is 1.86 bits per heavy atom. The smallest absolute Gasteiger partial charge is 0.291 e. The topological polar surface area (TPSA) is 62.6 Å². The van der Waals surface area contributed by atoms with Gasteiger partial charge in [-0.25, -0.2) is 0 Å². The molecule has 2 amide bonds. The van der Waals surface area contributed by atoms with E-state index in [-0.39, 0.29) is 23.6 Å². The number of carbonyl (C=O) groups excluding carboxylic acids is 2. The lowest BCUT2D eigenvalue weighted by Gasteiger charge is -2.26. The zero-order valence-corrected chi connectivity index (χ0v) is 17.7. The molecule has 7 heteroatoms. The second kappa shape index (κ2) is 8.72. The highest BCUT2D eigenvalue weighted by atomic mass is 35.5. The average molecular weight is 431 g/mol. The van der Waals surface area contributed by atoms with E-state index in [1.165, 1.54) is 6.26 Å². The first-order valence-electron chi connectivity index (χ1n) is 8.95. The summed E-state index contributed by atoms with van der Waals surface area (Å²) in [6, 6.07) is 13.3. The van der Waals surface area contributed by atoms with Gasteiger partial charge in [-0.05, 0) is 61.4 Å². The Morgan fingerprint density at radius 3 is 2.52 bits per heavy atom. The number of nitrogens with zero attached hydrogens (tertiary/aromatic N) is 1. The summed E-state index contributed by atoms with van der Waals surface area (Å²) < 4.78 is 5.11. The van der Waals surface area contributed by atoms with Crippen molar-refractivity contribution >= 4 is 40.7 Å². The fraction of sp³-hybridized carbons (Fsp3) is 0.182. The van der Waals surface area contributed by atoms with Gasteiger partial charge in [0.1, 0.15) is 0 Å². The highest BCUT2D eigenvalue weighted by molar-refractivity contribution is 6.35. The Bertz CT molecular complexity index is 1050. The minimum Gasteiger partial charge on any atom is -0.459 e. The summed E-state index contributed by atoms with van der Waals surface area (Å²) >= 11 is 12.3. The summed E-state index contributed by atoms with van der Waals surface area (Å²) in [4.78, 5) is 26.9. The van der Waals surface area contributed by atoms with Crippen molar-refractivity contribution in [2.75, 3.05) is 12.4 Å². The van der Waals surface area contributed by atoms with E-state index in [4.69, 9.17) is 27.6 Å². The molecule has 150 valence electrons. The Kier molecular flexibility index (Phi) is 6.30. The number of hydrogen-bond donors (Lipinski definition) is 1. The molecule has 5 nitrogen and oxygen atoms in total. The normalized spacial score (nSPS) is 11.8. The number of anilines is 1. The lowest BCUT2D eigenvalue weighted by atomic mass is 10.0. The van der Waals surface area contributed by atoms with Gasteiger partial charge < -0.3 is 14.6 Å². The van der Waals surface area contributed by atoms with Crippen molar-refractivity contribution in [3.05, 3.63) is 87.3 Å². The molecule has 29 heavy (non-hydrogen) atoms. The first kappa shape index (κ1) is 21.0. The standard InChI is InChI=1S/C22H20Cl2N2O3/c1-13-6-7-15(11-19(13)25-21(27)20-5-4-10-29-20)22(28)26(3)14(2)17-9-8-16(23)12-18(17)24/h4-12,14H,1-3H3,(H,25,27). The molecule has 0 fully saturated rings. The van der Waals surface area contributed by atoms with Crippen molar-refractivity contribution in [2.45, 2.75) is 19.9 Å². The van der Waals surface area contributed by atoms with Gasteiger partial charge in [-0.2, -0.15) is 0 Å². The number of rotatable bonds is 5. The van der Waals surface area contributed by atoms with Gasteiger partial charge in [0.15, 0.2) is 5.76 Å². The van der Waals surface area contributed by atoms with Crippen LogP contribution in [0, 0.1) is 6.92 Å². The molecule has 0 aliphatic carbocycles. The fourth-order valence-corrected chi connectivity index (χ4v) is 3.48. The molecule has 1 atom stereocenters. The number of aryl methyl sites for hydroxylation is 1. The zero-order valence-electron chi connectivity index (χ0n) is 16.2. The lowest BCUT2D eigenvalue weighted by molar-refractivity contribution is 0.0742. The van der Waals surface area contributed by atoms with Gasteiger partial charge in [-0.1, -0.05) is 35.3 Å². The molecule has 0 aliphatic heterocycles. The summed E-state index contributed by atoms with van der Waals surface area (Å²) in [6.45, 7) is 3.74. The van der Waals surface area contributed by atoms with E-state index < -0.39 is 0 Å². The van der Waals surface area contributed by atoms with E-state index in [9.17, 15) is 9.59 Å². The molecule has 1 unspecified atom stereocenters. The third kappa shape index (κ3) is 4.63. The quantitative estimate of drug-likeness (QED) is 0.541. The lowest BCUT2D eigenvalue weighted by Crippen LogP contribution is -2.30. The van der Waals surface area contributed by atoms with Crippen LogP contribution in [0.15, 0.2) is 59.2 Å². The van der Waals surface area contributed by atoms with E-state index in [0.29, 0.717) is 21.3 Å². The van der Waals surface area contributed by atoms with E-state index in [0.717, 1.165) is 11.1 Å². The van der Waals surface area contributed by atoms with E-state index in [1.54, 1.807) is 54.4 Å². The van der Waals surface area contributed by atoms with E-state index in [1.807, 2.05) is 19.9 Å². The van der Waals surface area contributed by atoms with Crippen LogP contribution in [-0.4, -0.2) is 23.8 Å². The maximum absolute atomic E-state index is 13.0. The number of hydrogen-bond acceptors (Lipinski definition) is 3. The number of nitrogens with one attached hydrogen (secondary N) is 1. The zero-order chi connectivity index (χ0) is 21.1. The van der Waals surface area contributed by atoms with Gasteiger partial charge in [0.05, 0.1) is 12.3 Å². The number of amides is 2. The number of benzene rings is 2. The summed E-state index contributed by atoms with van der Waals surface area (Å²) in [5.41, 5.74) is 2.62. The van der Waals surface area contributed by atoms with Crippen LogP contribution < -0.4 is 5.32 Å². The molecule has 0 aliphatic rings. The third-order valence-electron chi connectivity index (χ3n) is 4.79. The van der Waals surface area contributed by atoms with Crippen molar-refractivity contribution in [1.82, 2.24) is 4.90 Å². The van der Waals surface area contributed by atoms with Crippen LogP contribution in [0.25, 0.3) is 0 Å². The van der Waals surface area contributed by atoms with Gasteiger partial charge in [-0.3, -0.25) is 9.59 Å². The summed E-state index contributed by atoms with van der Waals surface area (Å²) in [6.07, 6.45) is 1.43. The first-order valence-corrected chi connectivity index (χ1v) is 9.71. The van der Waals surface area contributed by atoms with Crippen LogP contribution in [-0.2, 0) is 0 Å². The van der Waals surface area contributed by atoms with Crippen LogP contribution in [0.5, 0.6) is 0 Å². The molecule has 2 aromatic carbocycles. The highest BCUT2D eigenvalue weighted by Gasteiger charge is 2.22. The molecule has 3 aromatic rings. The van der Waals surface area contributed by atoms with Crippen LogP contribution >= 0.6 is 23.2 Å². The van der Waals surface area contributed by atoms with Crippen molar-refractivity contribution in [1.29, 1.82) is 0 Å². The first-order chi connectivity index (χ1) is 13.8. The van der Waals surface area contributed by atoms with Crippen molar-refractivity contribution in [3.8, 4) is 0 Å². The van der Waals surface area contributed by atoms with Crippen molar-refractivity contribution < 1.29 is 14.0 Å². The number of furan rings is 1. The average Bonchev–Trinajstić information content (AvgIpc) is 3.23. The summed E-state index contributed by atoms with van der Waals surface area (Å²) in [5.74, 6) is -0.376. The Hall–Kier alpha value is -2.76. The number of halogens is 2. The van der Waals surface area contributed by atoms with Gasteiger partial charge in [-0.15, -0.1) is 0 Å². The largest absolute Gasteiger partial charge is 0.459 e. The third-order valence-corrected chi connectivity index (χ3v) is 5.35. The predicted octanol–water partition coefficient (Wildman–Crippen LogP) is 5.98. The van der Waals surface area contributed by atoms with Gasteiger partial charge >= 0.3 is 0 Å². The monoisotopic (exact) mass is 430 g/mol. The fourth-order valence-electron chi connectivity index (χ4n) is 2.91. The molecule has 0 spiro atoms. The van der Waals surface area contributed by atoms with Crippen LogP contribution in [0.1, 0.15) is 45.0 Å². The Morgan fingerprint density at radius 1 is 1.10 bits per heavy atom. The van der Waals surface area contributed by atoms with Crippen LogP contribution in [0.2, 0.25) is 10.0 Å². The van der Waals surface area contributed by atoms with Gasteiger partial charge in [0.2, 0.25) is 0 Å². The number of carbonyl (C=O) groups is 2. The van der Waals surface area contributed by atoms with E-state index >= 15 is 0 Å². The molecule has 1 heterocycles. The maximum atomic E-state index is 13.0. The maximum Gasteiger partial charge on any atom is 0.291 e. The van der Waals surface area contributed by atoms with Crippen molar-refractivity contribution in [3.63, 3.8) is 0 Å². The van der Waals surface area contributed by atoms with Gasteiger partial charge in [0, 0.05) is 28.3 Å². The summed E-state index contributed by atoms with van der Waals surface area (Å²) in [7, 11) is 1.71. The highest BCUT2D eigenvalue weighted by Crippen LogP contribution is 2.30. The molecule has 1 aromatic heterocycles. The second-order valence-corrected chi connectivity index (χ2v) is 7.56. The van der Waals surface area contributed by atoms with E-state index in [2.05, 4.69) is 5.32 Å². The molecule has 0 bridgehead atoms. The summed E-state index contributed by atoms with van der Waals surface area (Å²) in [5, 5.41) is 3.82. The minimum atomic E-state index is -0.377. The second-order valence-electron chi connectivity index (χ2n) is 6.72. The Labute approximate surface area is 179 Å². The molecule has 0 saturated carbocycles. The Balaban J connectivity index is 1.82. The minimum absolute atomic E-state index is 0.197. The molecule has 1 N–H and O–H groups in total. The van der Waals surface area contributed by atoms with Crippen molar-refractivity contribution in [2.24, 2.45) is 0 Å². The molecule has 3 rings (SSSR count). The van der Waals surface area contributed by atoms with Crippen LogP contribution in [0.4, 0.5) is 5.69 Å². The van der Waals surface area contributed by atoms with Crippen LogP contribution in [0.3, 0.4) is 0 Å². The predicted molar refractivity (Wildman–Crippen MR) is 115 cm³/mol. The molecular formula is C22H20Cl2N2O3. The van der Waals surface area contributed by atoms with Gasteiger partial charge in [0.25, 0.3) is 11.8 Å².